The minimum Gasteiger partial charge on any atom is -0.368 e. The second-order valence-electron chi connectivity index (χ2n) is 17.1. The van der Waals surface area contributed by atoms with Gasteiger partial charge in [0.25, 0.3) is 0 Å². The Morgan fingerprint density at radius 1 is 0.593 bits per heavy atom. The smallest absolute Gasteiger partial charge is 0.208 e. The standard InChI is InChI=1S/C25H29N3O2S.C21H21N3O2S.ClH/c1-25(2,3)28-13-12-19-16-27(17-23(19)28)22-11-7-8-18-14-21(15-26-24(18)22)31(29,30)20-9-5-4-6-10-20;25-27(26,17-6-2-1-3-7-17)18-11-15-5-4-8-20(21(15)23-12-18)24-13-16-9-10-22-19(16)14-24;/h4-11,14-15,19,23H,12-13,16-17H2,1-3H3;1-8,11-12,16,19,22H,9-10,13-14H2;1H. The predicted octanol–water partition coefficient (Wildman–Crippen LogP) is 7.66. The maximum Gasteiger partial charge on any atom is 0.208 e. The second kappa shape index (κ2) is 16.1. The molecule has 4 saturated heterocycles. The molecule has 4 aliphatic heterocycles. The fourth-order valence-electron chi connectivity index (χ4n) is 9.56. The van der Waals surface area contributed by atoms with Crippen LogP contribution in [0.3, 0.4) is 0 Å². The maximum atomic E-state index is 13.0. The van der Waals surface area contributed by atoms with Gasteiger partial charge < -0.3 is 15.1 Å². The molecule has 0 bridgehead atoms. The Kier molecular flexibility index (Phi) is 11.2. The van der Waals surface area contributed by atoms with E-state index in [1.807, 2.05) is 36.4 Å². The summed E-state index contributed by atoms with van der Waals surface area (Å²) in [6.45, 7) is 13.2. The number of benzene rings is 4. The van der Waals surface area contributed by atoms with Crippen molar-refractivity contribution in [1.82, 2.24) is 20.2 Å². The normalized spacial score (nSPS) is 21.9. The van der Waals surface area contributed by atoms with Gasteiger partial charge in [0.1, 0.15) is 0 Å². The molecule has 4 atom stereocenters. The van der Waals surface area contributed by atoms with Crippen LogP contribution in [0.25, 0.3) is 21.8 Å². The van der Waals surface area contributed by atoms with Crippen LogP contribution in [0.5, 0.6) is 0 Å². The van der Waals surface area contributed by atoms with Crippen LogP contribution in [-0.2, 0) is 19.7 Å². The van der Waals surface area contributed by atoms with E-state index in [1.54, 1.807) is 60.7 Å². The van der Waals surface area contributed by atoms with Gasteiger partial charge in [-0.2, -0.15) is 0 Å². The first-order valence-electron chi connectivity index (χ1n) is 20.3. The van der Waals surface area contributed by atoms with E-state index in [2.05, 4.69) is 62.9 Å². The third-order valence-corrected chi connectivity index (χ3v) is 16.0. The number of hydrogen-bond acceptors (Lipinski definition) is 10. The van der Waals surface area contributed by atoms with E-state index in [-0.39, 0.29) is 27.7 Å². The lowest BCUT2D eigenvalue weighted by Crippen LogP contribution is -2.47. The van der Waals surface area contributed by atoms with Gasteiger partial charge in [0.05, 0.1) is 42.0 Å². The third-order valence-electron chi connectivity index (χ3n) is 12.5. The minimum absolute atomic E-state index is 0. The predicted molar refractivity (Wildman–Crippen MR) is 237 cm³/mol. The van der Waals surface area contributed by atoms with Crippen LogP contribution in [0, 0.1) is 11.8 Å². The van der Waals surface area contributed by atoms with Crippen LogP contribution >= 0.6 is 12.4 Å². The highest BCUT2D eigenvalue weighted by Gasteiger charge is 2.45. The van der Waals surface area contributed by atoms with E-state index in [0.29, 0.717) is 33.7 Å². The first-order chi connectivity index (χ1) is 27.9. The van der Waals surface area contributed by atoms with Gasteiger partial charge in [-0.1, -0.05) is 60.7 Å². The highest BCUT2D eigenvalue weighted by molar-refractivity contribution is 7.91. The fourth-order valence-corrected chi connectivity index (χ4v) is 12.1. The molecule has 0 radical (unpaired) electrons. The number of halogens is 1. The number of para-hydroxylation sites is 2. The SMILES string of the molecule is CC(C)(C)N1CCC2CN(c3cccc4cc(S(=O)(=O)c5ccccc5)cnc34)CC21.Cl.O=S(=O)(c1ccccc1)c1cnc2c(N3CC4CCNC4C3)cccc2c1. The van der Waals surface area contributed by atoms with Crippen molar-refractivity contribution in [3.05, 3.63) is 122 Å². The largest absolute Gasteiger partial charge is 0.368 e. The summed E-state index contributed by atoms with van der Waals surface area (Å²) in [6, 6.07) is 33.8. The van der Waals surface area contributed by atoms with E-state index < -0.39 is 19.7 Å². The molecule has 0 aliphatic carbocycles. The highest BCUT2D eigenvalue weighted by atomic mass is 35.5. The van der Waals surface area contributed by atoms with Crippen LogP contribution in [0.1, 0.15) is 33.6 Å². The zero-order valence-corrected chi connectivity index (χ0v) is 36.1. The zero-order chi connectivity index (χ0) is 40.2. The number of rotatable bonds is 6. The summed E-state index contributed by atoms with van der Waals surface area (Å²) in [4.78, 5) is 17.7. The van der Waals surface area contributed by atoms with Gasteiger partial charge in [-0.05, 0) is 107 Å². The summed E-state index contributed by atoms with van der Waals surface area (Å²) >= 11 is 0. The Balaban J connectivity index is 0.000000163. The molecule has 0 amide bonds. The Labute approximate surface area is 353 Å². The Morgan fingerprint density at radius 3 is 1.61 bits per heavy atom. The Bertz CT molecular complexity index is 2690. The molecule has 0 spiro atoms. The lowest BCUT2D eigenvalue weighted by atomic mass is 10.0. The van der Waals surface area contributed by atoms with Crippen molar-refractivity contribution in [2.45, 2.75) is 70.8 Å². The Hall–Kier alpha value is -4.59. The average Bonchev–Trinajstić information content (AvgIpc) is 4.03. The summed E-state index contributed by atoms with van der Waals surface area (Å²) in [7, 11) is -7.14. The molecular formula is C46H51ClN6O4S2. The molecule has 4 aliphatic rings. The van der Waals surface area contributed by atoms with Gasteiger partial charge in [0, 0.05) is 67.0 Å². The quantitative estimate of drug-likeness (QED) is 0.179. The summed E-state index contributed by atoms with van der Waals surface area (Å²) in [5, 5.41) is 5.29. The molecule has 1 N–H and O–H groups in total. The van der Waals surface area contributed by atoms with E-state index in [0.717, 1.165) is 65.9 Å². The number of anilines is 2. The number of hydrogen-bond donors (Lipinski definition) is 1. The van der Waals surface area contributed by atoms with E-state index in [4.69, 9.17) is 0 Å². The van der Waals surface area contributed by atoms with Gasteiger partial charge in [-0.15, -0.1) is 12.4 Å². The van der Waals surface area contributed by atoms with Crippen LogP contribution in [-0.4, -0.2) is 88.6 Å². The van der Waals surface area contributed by atoms with Crippen LogP contribution in [0.4, 0.5) is 11.4 Å². The van der Waals surface area contributed by atoms with Crippen LogP contribution < -0.4 is 15.1 Å². The number of nitrogens with one attached hydrogen (secondary N) is 1. The van der Waals surface area contributed by atoms with Gasteiger partial charge in [0.15, 0.2) is 0 Å². The molecule has 13 heteroatoms. The number of nitrogens with zero attached hydrogens (tertiary/aromatic N) is 5. The number of fused-ring (bicyclic) bond motifs is 4. The van der Waals surface area contributed by atoms with Crippen molar-refractivity contribution in [3.63, 3.8) is 0 Å². The van der Waals surface area contributed by atoms with E-state index >= 15 is 0 Å². The monoisotopic (exact) mass is 850 g/mol. The molecule has 2 aromatic heterocycles. The number of sulfone groups is 2. The lowest BCUT2D eigenvalue weighted by molar-refractivity contribution is 0.123. The summed E-state index contributed by atoms with van der Waals surface area (Å²) in [5.74, 6) is 1.37. The zero-order valence-electron chi connectivity index (χ0n) is 33.6. The Morgan fingerprint density at radius 2 is 1.10 bits per heavy atom. The summed E-state index contributed by atoms with van der Waals surface area (Å²) in [6.07, 6.45) is 5.45. The number of pyridine rings is 2. The third kappa shape index (κ3) is 7.81. The molecule has 0 saturated carbocycles. The molecule has 4 fully saturated rings. The maximum absolute atomic E-state index is 13.0. The van der Waals surface area contributed by atoms with Gasteiger partial charge in [-0.25, -0.2) is 16.8 Å². The molecule has 6 heterocycles. The molecule has 4 unspecified atom stereocenters. The summed E-state index contributed by atoms with van der Waals surface area (Å²) < 4.78 is 51.8. The molecule has 4 aromatic carbocycles. The molecule has 59 heavy (non-hydrogen) atoms. The van der Waals surface area contributed by atoms with Crippen molar-refractivity contribution >= 4 is 65.3 Å². The first kappa shape index (κ1) is 41.2. The van der Waals surface area contributed by atoms with Gasteiger partial charge >= 0.3 is 0 Å². The van der Waals surface area contributed by atoms with Gasteiger partial charge in [-0.3, -0.25) is 14.9 Å². The number of likely N-dealkylation sites (tertiary alicyclic amines) is 1. The van der Waals surface area contributed by atoms with Crippen molar-refractivity contribution in [2.75, 3.05) is 49.1 Å². The van der Waals surface area contributed by atoms with Gasteiger partial charge in [0.2, 0.25) is 19.7 Å². The number of aromatic nitrogens is 2. The minimum atomic E-state index is -3.58. The molecular weight excluding hydrogens is 800 g/mol. The average molecular weight is 852 g/mol. The van der Waals surface area contributed by atoms with E-state index in [9.17, 15) is 16.8 Å². The van der Waals surface area contributed by atoms with E-state index in [1.165, 1.54) is 31.8 Å². The van der Waals surface area contributed by atoms with Crippen LogP contribution in [0.2, 0.25) is 0 Å². The molecule has 10 nitrogen and oxygen atoms in total. The topological polar surface area (TPSA) is 116 Å². The van der Waals surface area contributed by atoms with Crippen molar-refractivity contribution in [1.29, 1.82) is 0 Å². The van der Waals surface area contributed by atoms with Crippen molar-refractivity contribution < 1.29 is 16.8 Å². The van der Waals surface area contributed by atoms with Crippen LogP contribution in [0.15, 0.2) is 141 Å². The second-order valence-corrected chi connectivity index (χ2v) is 21.0. The lowest BCUT2D eigenvalue weighted by Gasteiger charge is -2.37. The van der Waals surface area contributed by atoms with Crippen molar-refractivity contribution in [3.8, 4) is 0 Å². The molecule has 10 rings (SSSR count). The first-order valence-corrected chi connectivity index (χ1v) is 23.2. The summed E-state index contributed by atoms with van der Waals surface area (Å²) in [5.41, 5.74) is 4.10. The fraction of sp³-hybridized carbons (Fsp3) is 0.348. The highest BCUT2D eigenvalue weighted by Crippen LogP contribution is 2.40. The molecule has 6 aromatic rings. The molecule has 308 valence electrons. The van der Waals surface area contributed by atoms with Crippen molar-refractivity contribution in [2.24, 2.45) is 11.8 Å².